The highest BCUT2D eigenvalue weighted by Crippen LogP contribution is 2.34. The van der Waals surface area contributed by atoms with Gasteiger partial charge in [-0.25, -0.2) is 9.78 Å². The molecule has 2 N–H and O–H groups in total. The molecule has 6 heteroatoms. The molecule has 1 aromatic carbocycles. The van der Waals surface area contributed by atoms with Gasteiger partial charge < -0.3 is 20.1 Å². The topological polar surface area (TPSA) is 72.5 Å². The average Bonchev–Trinajstić information content (AvgIpc) is 3.25. The predicted molar refractivity (Wildman–Crippen MR) is 93.5 cm³/mol. The molecule has 2 aliphatic heterocycles. The van der Waals surface area contributed by atoms with Gasteiger partial charge in [-0.15, -0.1) is 0 Å². The third-order valence-electron chi connectivity index (χ3n) is 4.66. The first-order valence-corrected chi connectivity index (χ1v) is 8.62. The first kappa shape index (κ1) is 15.9. The zero-order valence-electron chi connectivity index (χ0n) is 13.9. The molecule has 2 fully saturated rings. The standard InChI is InChI=1S/C19H21N3O3/c23-19(22-16-11-14-8-9-17(16)25-14)21-15-7-4-10-20-18(15)24-12-13-5-2-1-3-6-13/h1-7,10,14,16-17H,8-9,11-12H2,(H2,21,22,23)/t14-,16+,17+/m0/s1. The van der Waals surface area contributed by atoms with Crippen LogP contribution in [-0.4, -0.2) is 29.3 Å². The number of pyridine rings is 1. The van der Waals surface area contributed by atoms with Gasteiger partial charge in [-0.3, -0.25) is 0 Å². The number of carbonyl (C=O) groups excluding carboxylic acids is 1. The number of amides is 2. The normalized spacial score (nSPS) is 24.1. The number of benzene rings is 1. The number of anilines is 1. The maximum atomic E-state index is 12.3. The third-order valence-corrected chi connectivity index (χ3v) is 4.66. The van der Waals surface area contributed by atoms with Crippen LogP contribution in [0.1, 0.15) is 24.8 Å². The minimum Gasteiger partial charge on any atom is -0.471 e. The van der Waals surface area contributed by atoms with Crippen molar-refractivity contribution < 1.29 is 14.3 Å². The Hall–Kier alpha value is -2.60. The third kappa shape index (κ3) is 3.74. The Morgan fingerprint density at radius 3 is 2.84 bits per heavy atom. The molecule has 25 heavy (non-hydrogen) atoms. The summed E-state index contributed by atoms with van der Waals surface area (Å²) in [6.07, 6.45) is 5.12. The Bertz CT molecular complexity index is 738. The van der Waals surface area contributed by atoms with E-state index >= 15 is 0 Å². The first-order valence-electron chi connectivity index (χ1n) is 8.62. The predicted octanol–water partition coefficient (Wildman–Crippen LogP) is 3.10. The molecule has 0 saturated carbocycles. The molecular formula is C19H21N3O3. The van der Waals surface area contributed by atoms with E-state index in [1.165, 1.54) is 0 Å². The SMILES string of the molecule is O=C(Nc1cccnc1OCc1ccccc1)N[C@@H]1C[C@@H]2CC[C@H]1O2. The molecule has 2 aliphatic rings. The summed E-state index contributed by atoms with van der Waals surface area (Å²) in [6, 6.07) is 13.2. The van der Waals surface area contributed by atoms with Crippen LogP contribution >= 0.6 is 0 Å². The molecule has 2 bridgehead atoms. The summed E-state index contributed by atoms with van der Waals surface area (Å²) in [6.45, 7) is 0.397. The zero-order valence-corrected chi connectivity index (χ0v) is 13.9. The molecule has 3 heterocycles. The minimum absolute atomic E-state index is 0.0871. The fourth-order valence-corrected chi connectivity index (χ4v) is 3.44. The Labute approximate surface area is 146 Å². The number of rotatable bonds is 5. The fourth-order valence-electron chi connectivity index (χ4n) is 3.44. The van der Waals surface area contributed by atoms with Crippen LogP contribution in [0.4, 0.5) is 10.5 Å². The van der Waals surface area contributed by atoms with Crippen LogP contribution in [0.25, 0.3) is 0 Å². The summed E-state index contributed by atoms with van der Waals surface area (Å²) in [5, 5.41) is 5.84. The molecule has 2 aromatic rings. The summed E-state index contributed by atoms with van der Waals surface area (Å²) in [7, 11) is 0. The number of urea groups is 1. The molecule has 2 amide bonds. The number of nitrogens with one attached hydrogen (secondary N) is 2. The van der Waals surface area contributed by atoms with Crippen LogP contribution in [0, 0.1) is 0 Å². The van der Waals surface area contributed by atoms with Crippen LogP contribution in [0.3, 0.4) is 0 Å². The molecule has 0 spiro atoms. The Morgan fingerprint density at radius 2 is 2.08 bits per heavy atom. The fraction of sp³-hybridized carbons (Fsp3) is 0.368. The van der Waals surface area contributed by atoms with Gasteiger partial charge in [0.05, 0.1) is 18.2 Å². The number of ether oxygens (including phenoxy) is 2. The maximum absolute atomic E-state index is 12.3. The summed E-state index contributed by atoms with van der Waals surface area (Å²) >= 11 is 0. The van der Waals surface area contributed by atoms with Crippen LogP contribution in [0.15, 0.2) is 48.7 Å². The Morgan fingerprint density at radius 1 is 1.20 bits per heavy atom. The number of hydrogen-bond donors (Lipinski definition) is 2. The van der Waals surface area contributed by atoms with E-state index in [9.17, 15) is 4.79 Å². The van der Waals surface area contributed by atoms with Crippen molar-refractivity contribution in [3.05, 3.63) is 54.2 Å². The molecule has 2 saturated heterocycles. The highest BCUT2D eigenvalue weighted by atomic mass is 16.5. The minimum atomic E-state index is -0.251. The van der Waals surface area contributed by atoms with Gasteiger partial charge in [0.1, 0.15) is 12.3 Å². The van der Waals surface area contributed by atoms with E-state index in [4.69, 9.17) is 9.47 Å². The van der Waals surface area contributed by atoms with Crippen molar-refractivity contribution >= 4 is 11.7 Å². The lowest BCUT2D eigenvalue weighted by Gasteiger charge is -2.20. The quantitative estimate of drug-likeness (QED) is 0.878. The van der Waals surface area contributed by atoms with Crippen LogP contribution < -0.4 is 15.4 Å². The molecule has 130 valence electrons. The maximum Gasteiger partial charge on any atom is 0.319 e. The lowest BCUT2D eigenvalue weighted by Crippen LogP contribution is -2.43. The number of carbonyl (C=O) groups is 1. The van der Waals surface area contributed by atoms with Crippen molar-refractivity contribution in [2.24, 2.45) is 0 Å². The first-order chi connectivity index (χ1) is 12.3. The van der Waals surface area contributed by atoms with Crippen molar-refractivity contribution in [3.8, 4) is 5.88 Å². The smallest absolute Gasteiger partial charge is 0.319 e. The lowest BCUT2D eigenvalue weighted by molar-refractivity contribution is 0.0984. The van der Waals surface area contributed by atoms with E-state index in [1.54, 1.807) is 18.3 Å². The molecular weight excluding hydrogens is 318 g/mol. The second-order valence-corrected chi connectivity index (χ2v) is 6.44. The van der Waals surface area contributed by atoms with Gasteiger partial charge in [-0.05, 0) is 37.0 Å². The largest absolute Gasteiger partial charge is 0.471 e. The molecule has 0 radical (unpaired) electrons. The molecule has 1 aromatic heterocycles. The van der Waals surface area contributed by atoms with Crippen LogP contribution in [0.2, 0.25) is 0 Å². The van der Waals surface area contributed by atoms with Gasteiger partial charge in [-0.1, -0.05) is 30.3 Å². The van der Waals surface area contributed by atoms with Crippen LogP contribution in [-0.2, 0) is 11.3 Å². The molecule has 0 aliphatic carbocycles. The van der Waals surface area contributed by atoms with Crippen molar-refractivity contribution in [2.45, 2.75) is 44.1 Å². The van der Waals surface area contributed by atoms with E-state index < -0.39 is 0 Å². The Kier molecular flexibility index (Phi) is 4.52. The van der Waals surface area contributed by atoms with E-state index in [0.29, 0.717) is 24.3 Å². The summed E-state index contributed by atoms with van der Waals surface area (Å²) < 4.78 is 11.5. The molecule has 6 nitrogen and oxygen atoms in total. The van der Waals surface area contributed by atoms with E-state index in [0.717, 1.165) is 24.8 Å². The van der Waals surface area contributed by atoms with Gasteiger partial charge in [-0.2, -0.15) is 0 Å². The van der Waals surface area contributed by atoms with Crippen molar-refractivity contribution in [1.29, 1.82) is 0 Å². The van der Waals surface area contributed by atoms with Gasteiger partial charge in [0.15, 0.2) is 0 Å². The molecule has 3 atom stereocenters. The van der Waals surface area contributed by atoms with Gasteiger partial charge in [0.25, 0.3) is 0 Å². The second kappa shape index (κ2) is 7.11. The summed E-state index contributed by atoms with van der Waals surface area (Å²) in [5.74, 6) is 0.408. The Balaban J connectivity index is 1.36. The van der Waals surface area contributed by atoms with Crippen molar-refractivity contribution in [1.82, 2.24) is 10.3 Å². The average molecular weight is 339 g/mol. The van der Waals surface area contributed by atoms with Gasteiger partial charge >= 0.3 is 6.03 Å². The second-order valence-electron chi connectivity index (χ2n) is 6.44. The summed E-state index contributed by atoms with van der Waals surface area (Å²) in [5.41, 5.74) is 1.60. The van der Waals surface area contributed by atoms with Crippen molar-refractivity contribution in [3.63, 3.8) is 0 Å². The number of aromatic nitrogens is 1. The highest BCUT2D eigenvalue weighted by Gasteiger charge is 2.41. The van der Waals surface area contributed by atoms with Crippen LogP contribution in [0.5, 0.6) is 5.88 Å². The number of fused-ring (bicyclic) bond motifs is 2. The van der Waals surface area contributed by atoms with Crippen molar-refractivity contribution in [2.75, 3.05) is 5.32 Å². The zero-order chi connectivity index (χ0) is 17.1. The van der Waals surface area contributed by atoms with Gasteiger partial charge in [0.2, 0.25) is 5.88 Å². The van der Waals surface area contributed by atoms with Gasteiger partial charge in [0, 0.05) is 6.20 Å². The lowest BCUT2D eigenvalue weighted by atomic mass is 9.96. The highest BCUT2D eigenvalue weighted by molar-refractivity contribution is 5.90. The van der Waals surface area contributed by atoms with E-state index in [2.05, 4.69) is 15.6 Å². The number of nitrogens with zero attached hydrogens (tertiary/aromatic N) is 1. The van der Waals surface area contributed by atoms with E-state index in [-0.39, 0.29) is 18.2 Å². The van der Waals surface area contributed by atoms with E-state index in [1.807, 2.05) is 30.3 Å². The molecule has 0 unspecified atom stereocenters. The summed E-state index contributed by atoms with van der Waals surface area (Å²) in [4.78, 5) is 16.5. The number of hydrogen-bond acceptors (Lipinski definition) is 4. The monoisotopic (exact) mass is 339 g/mol. The molecule has 4 rings (SSSR count).